The third-order valence-electron chi connectivity index (χ3n) is 2.99. The van der Waals surface area contributed by atoms with Crippen molar-refractivity contribution in [2.75, 3.05) is 25.9 Å². The van der Waals surface area contributed by atoms with Crippen molar-refractivity contribution in [3.63, 3.8) is 0 Å². The predicted octanol–water partition coefficient (Wildman–Crippen LogP) is 1.43. The van der Waals surface area contributed by atoms with Crippen molar-refractivity contribution in [2.24, 2.45) is 0 Å². The van der Waals surface area contributed by atoms with E-state index >= 15 is 0 Å². The van der Waals surface area contributed by atoms with Crippen LogP contribution in [0.1, 0.15) is 18.9 Å². The summed E-state index contributed by atoms with van der Waals surface area (Å²) in [6.07, 6.45) is 1.75. The number of halogens is 2. The molecule has 0 amide bonds. The lowest BCUT2D eigenvalue weighted by Gasteiger charge is -2.17. The molecule has 0 aliphatic carbocycles. The molecule has 0 radical (unpaired) electrons. The zero-order valence-electron chi connectivity index (χ0n) is 12.1. The number of sulfonamides is 1. The van der Waals surface area contributed by atoms with Crippen LogP contribution in [0.15, 0.2) is 12.1 Å². The van der Waals surface area contributed by atoms with E-state index in [2.05, 4.69) is 5.32 Å². The zero-order valence-corrected chi connectivity index (χ0v) is 12.9. The van der Waals surface area contributed by atoms with E-state index in [4.69, 9.17) is 5.11 Å². The Morgan fingerprint density at radius 3 is 2.33 bits per heavy atom. The molecule has 1 aromatic carbocycles. The SMILES string of the molecule is CCN(CCCNCc1cc(F)c(O)c(F)c1)S(C)(=O)=O. The highest BCUT2D eigenvalue weighted by molar-refractivity contribution is 7.88. The normalized spacial score (nSPS) is 12.0. The van der Waals surface area contributed by atoms with Crippen LogP contribution in [0.25, 0.3) is 0 Å². The van der Waals surface area contributed by atoms with E-state index in [0.29, 0.717) is 31.6 Å². The first-order valence-electron chi connectivity index (χ1n) is 6.58. The van der Waals surface area contributed by atoms with Crippen molar-refractivity contribution < 1.29 is 22.3 Å². The van der Waals surface area contributed by atoms with Crippen molar-refractivity contribution in [1.82, 2.24) is 9.62 Å². The number of hydrogen-bond acceptors (Lipinski definition) is 4. The molecule has 120 valence electrons. The molecule has 0 heterocycles. The minimum atomic E-state index is -3.19. The minimum absolute atomic E-state index is 0.235. The van der Waals surface area contributed by atoms with Crippen LogP contribution in [0, 0.1) is 11.6 Å². The Balaban J connectivity index is 2.38. The lowest BCUT2D eigenvalue weighted by molar-refractivity contribution is 0.394. The molecule has 5 nitrogen and oxygen atoms in total. The van der Waals surface area contributed by atoms with Crippen LogP contribution < -0.4 is 5.32 Å². The predicted molar refractivity (Wildman–Crippen MR) is 76.4 cm³/mol. The van der Waals surface area contributed by atoms with E-state index in [1.807, 2.05) is 0 Å². The van der Waals surface area contributed by atoms with E-state index in [9.17, 15) is 17.2 Å². The second-order valence-electron chi connectivity index (χ2n) is 4.69. The molecule has 0 unspecified atom stereocenters. The molecule has 0 aliphatic rings. The second kappa shape index (κ2) is 7.67. The summed E-state index contributed by atoms with van der Waals surface area (Å²) in [5, 5.41) is 11.9. The first-order valence-corrected chi connectivity index (χ1v) is 8.43. The molecular formula is C13H20F2N2O3S. The van der Waals surface area contributed by atoms with Gasteiger partial charge < -0.3 is 10.4 Å². The van der Waals surface area contributed by atoms with Crippen molar-refractivity contribution in [1.29, 1.82) is 0 Å². The van der Waals surface area contributed by atoms with Gasteiger partial charge in [-0.05, 0) is 30.7 Å². The van der Waals surface area contributed by atoms with Gasteiger partial charge in [-0.15, -0.1) is 0 Å². The van der Waals surface area contributed by atoms with Crippen molar-refractivity contribution in [3.05, 3.63) is 29.3 Å². The molecule has 1 aromatic rings. The lowest BCUT2D eigenvalue weighted by Crippen LogP contribution is -2.32. The Kier molecular flexibility index (Phi) is 6.50. The molecule has 0 bridgehead atoms. The van der Waals surface area contributed by atoms with E-state index < -0.39 is 27.4 Å². The number of phenolic OH excluding ortho intramolecular Hbond substituents is 1. The van der Waals surface area contributed by atoms with Crippen molar-refractivity contribution in [3.8, 4) is 5.75 Å². The highest BCUT2D eigenvalue weighted by Gasteiger charge is 2.13. The summed E-state index contributed by atoms with van der Waals surface area (Å²) in [6.45, 7) is 3.31. The van der Waals surface area contributed by atoms with Gasteiger partial charge in [0, 0.05) is 19.6 Å². The molecule has 0 saturated heterocycles. The molecule has 8 heteroatoms. The van der Waals surface area contributed by atoms with Gasteiger partial charge in [0.25, 0.3) is 0 Å². The molecule has 1 rings (SSSR count). The van der Waals surface area contributed by atoms with Crippen LogP contribution >= 0.6 is 0 Å². The van der Waals surface area contributed by atoms with Gasteiger partial charge in [-0.25, -0.2) is 21.5 Å². The zero-order chi connectivity index (χ0) is 16.0. The average molecular weight is 322 g/mol. The maximum atomic E-state index is 13.1. The monoisotopic (exact) mass is 322 g/mol. The number of rotatable bonds is 8. The summed E-state index contributed by atoms with van der Waals surface area (Å²) >= 11 is 0. The van der Waals surface area contributed by atoms with Gasteiger partial charge in [0.05, 0.1) is 6.26 Å². The Hall–Kier alpha value is -1.25. The smallest absolute Gasteiger partial charge is 0.211 e. The summed E-state index contributed by atoms with van der Waals surface area (Å²) in [4.78, 5) is 0. The van der Waals surface area contributed by atoms with Gasteiger partial charge in [0.15, 0.2) is 17.4 Å². The highest BCUT2D eigenvalue weighted by Crippen LogP contribution is 2.21. The number of nitrogens with zero attached hydrogens (tertiary/aromatic N) is 1. The van der Waals surface area contributed by atoms with Crippen molar-refractivity contribution in [2.45, 2.75) is 19.9 Å². The summed E-state index contributed by atoms with van der Waals surface area (Å²) in [6, 6.07) is 2.11. The summed E-state index contributed by atoms with van der Waals surface area (Å²) in [7, 11) is -3.19. The maximum Gasteiger partial charge on any atom is 0.211 e. The molecule has 0 saturated carbocycles. The number of phenols is 1. The van der Waals surface area contributed by atoms with Crippen LogP contribution in [0.4, 0.5) is 8.78 Å². The molecule has 0 aromatic heterocycles. The molecule has 21 heavy (non-hydrogen) atoms. The Bertz CT molecular complexity index is 556. The van der Waals surface area contributed by atoms with Gasteiger partial charge in [-0.2, -0.15) is 0 Å². The molecular weight excluding hydrogens is 302 g/mol. The maximum absolute atomic E-state index is 13.1. The number of aromatic hydroxyl groups is 1. The average Bonchev–Trinajstić information content (AvgIpc) is 2.38. The van der Waals surface area contributed by atoms with E-state index in [0.717, 1.165) is 18.4 Å². The lowest BCUT2D eigenvalue weighted by atomic mass is 10.2. The molecule has 0 aliphatic heterocycles. The third kappa shape index (κ3) is 5.56. The summed E-state index contributed by atoms with van der Waals surface area (Å²) in [5.74, 6) is -2.98. The molecule has 2 N–H and O–H groups in total. The van der Waals surface area contributed by atoms with Gasteiger partial charge in [-0.1, -0.05) is 6.92 Å². The van der Waals surface area contributed by atoms with E-state index in [1.54, 1.807) is 6.92 Å². The Morgan fingerprint density at radius 2 is 1.86 bits per heavy atom. The Labute approximate surface area is 123 Å². The molecule has 0 fully saturated rings. The standard InChI is InChI=1S/C13H20F2N2O3S/c1-3-17(21(2,19)20)6-4-5-16-9-10-7-11(14)13(18)12(15)8-10/h7-8,16,18H,3-6,9H2,1-2H3. The third-order valence-corrected chi connectivity index (χ3v) is 4.37. The van der Waals surface area contributed by atoms with E-state index in [-0.39, 0.29) is 6.54 Å². The fourth-order valence-corrected chi connectivity index (χ4v) is 2.82. The first-order chi connectivity index (χ1) is 9.75. The quantitative estimate of drug-likeness (QED) is 0.711. The fraction of sp³-hybridized carbons (Fsp3) is 0.538. The number of benzene rings is 1. The van der Waals surface area contributed by atoms with Crippen LogP contribution in [-0.4, -0.2) is 43.7 Å². The number of nitrogens with one attached hydrogen (secondary N) is 1. The van der Waals surface area contributed by atoms with Crippen LogP contribution in [0.5, 0.6) is 5.75 Å². The minimum Gasteiger partial charge on any atom is -0.503 e. The van der Waals surface area contributed by atoms with E-state index in [1.165, 1.54) is 4.31 Å². The number of hydrogen-bond donors (Lipinski definition) is 2. The summed E-state index contributed by atoms with van der Waals surface area (Å²) in [5.41, 5.74) is 0.373. The van der Waals surface area contributed by atoms with Crippen molar-refractivity contribution >= 4 is 10.0 Å². The fourth-order valence-electron chi connectivity index (χ4n) is 1.89. The van der Waals surface area contributed by atoms with Gasteiger partial charge in [-0.3, -0.25) is 0 Å². The topological polar surface area (TPSA) is 69.6 Å². The van der Waals surface area contributed by atoms with Crippen LogP contribution in [0.2, 0.25) is 0 Å². The van der Waals surface area contributed by atoms with Gasteiger partial charge in [0.1, 0.15) is 0 Å². The highest BCUT2D eigenvalue weighted by atomic mass is 32.2. The Morgan fingerprint density at radius 1 is 1.29 bits per heavy atom. The molecule has 0 spiro atoms. The van der Waals surface area contributed by atoms with Gasteiger partial charge >= 0.3 is 0 Å². The second-order valence-corrected chi connectivity index (χ2v) is 6.68. The first kappa shape index (κ1) is 17.8. The van der Waals surface area contributed by atoms with Crippen LogP contribution in [-0.2, 0) is 16.6 Å². The summed E-state index contributed by atoms with van der Waals surface area (Å²) < 4.78 is 50.3. The van der Waals surface area contributed by atoms with Crippen LogP contribution in [0.3, 0.4) is 0 Å². The largest absolute Gasteiger partial charge is 0.503 e. The molecule has 0 atom stereocenters. The van der Waals surface area contributed by atoms with Gasteiger partial charge in [0.2, 0.25) is 10.0 Å².